The van der Waals surface area contributed by atoms with Crippen molar-refractivity contribution in [1.29, 1.82) is 0 Å². The summed E-state index contributed by atoms with van der Waals surface area (Å²) in [7, 11) is 0. The van der Waals surface area contributed by atoms with Crippen molar-refractivity contribution in [2.75, 3.05) is 13.1 Å². The lowest BCUT2D eigenvalue weighted by atomic mass is 9.90. The normalized spacial score (nSPS) is 17.3. The SMILES string of the molecule is CC(=O)NC(C)C(=O)N1CCC(Cc2ccccc2)CC1. The summed E-state index contributed by atoms with van der Waals surface area (Å²) in [5, 5.41) is 2.66. The van der Waals surface area contributed by atoms with Gasteiger partial charge in [0.2, 0.25) is 11.8 Å². The van der Waals surface area contributed by atoms with Gasteiger partial charge in [0.15, 0.2) is 0 Å². The van der Waals surface area contributed by atoms with E-state index in [1.807, 2.05) is 11.0 Å². The molecule has 0 radical (unpaired) electrons. The number of hydrogen-bond acceptors (Lipinski definition) is 2. The zero-order valence-electron chi connectivity index (χ0n) is 12.8. The van der Waals surface area contributed by atoms with Crippen molar-refractivity contribution in [3.63, 3.8) is 0 Å². The Hall–Kier alpha value is -1.84. The molecule has 0 aliphatic carbocycles. The van der Waals surface area contributed by atoms with Crippen molar-refractivity contribution in [2.24, 2.45) is 5.92 Å². The first kappa shape index (κ1) is 15.5. The van der Waals surface area contributed by atoms with E-state index in [1.165, 1.54) is 12.5 Å². The Kier molecular flexibility index (Phi) is 5.37. The summed E-state index contributed by atoms with van der Waals surface area (Å²) in [5.74, 6) is 0.519. The molecule has 1 aliphatic rings. The molecule has 1 atom stereocenters. The van der Waals surface area contributed by atoms with E-state index in [1.54, 1.807) is 6.92 Å². The topological polar surface area (TPSA) is 49.4 Å². The predicted octanol–water partition coefficient (Wildman–Crippen LogP) is 1.99. The molecule has 1 saturated heterocycles. The second-order valence-corrected chi connectivity index (χ2v) is 5.88. The first-order chi connectivity index (χ1) is 10.1. The molecule has 21 heavy (non-hydrogen) atoms. The van der Waals surface area contributed by atoms with Crippen molar-refractivity contribution in [3.8, 4) is 0 Å². The summed E-state index contributed by atoms with van der Waals surface area (Å²) in [6.07, 6.45) is 3.16. The molecule has 114 valence electrons. The molecule has 0 bridgehead atoms. The predicted molar refractivity (Wildman–Crippen MR) is 82.7 cm³/mol. The minimum Gasteiger partial charge on any atom is -0.345 e. The van der Waals surface area contributed by atoms with Crippen LogP contribution in [0.5, 0.6) is 0 Å². The van der Waals surface area contributed by atoms with Crippen LogP contribution in [0.25, 0.3) is 0 Å². The highest BCUT2D eigenvalue weighted by molar-refractivity contribution is 5.86. The van der Waals surface area contributed by atoms with Gasteiger partial charge in [0.1, 0.15) is 6.04 Å². The van der Waals surface area contributed by atoms with E-state index < -0.39 is 6.04 Å². The quantitative estimate of drug-likeness (QED) is 0.921. The number of piperidine rings is 1. The number of likely N-dealkylation sites (tertiary alicyclic amines) is 1. The van der Waals surface area contributed by atoms with E-state index in [2.05, 4.69) is 29.6 Å². The third kappa shape index (κ3) is 4.59. The van der Waals surface area contributed by atoms with E-state index in [0.717, 1.165) is 32.4 Å². The minimum absolute atomic E-state index is 0.0309. The lowest BCUT2D eigenvalue weighted by molar-refractivity contribution is -0.136. The Balaban J connectivity index is 1.80. The van der Waals surface area contributed by atoms with Crippen LogP contribution in [-0.4, -0.2) is 35.8 Å². The third-order valence-corrected chi connectivity index (χ3v) is 4.08. The number of carbonyl (C=O) groups is 2. The number of benzene rings is 1. The fourth-order valence-corrected chi connectivity index (χ4v) is 2.95. The van der Waals surface area contributed by atoms with E-state index in [4.69, 9.17) is 0 Å². The summed E-state index contributed by atoms with van der Waals surface area (Å²) in [6, 6.07) is 10.1. The average Bonchev–Trinajstić information content (AvgIpc) is 2.47. The highest BCUT2D eigenvalue weighted by Crippen LogP contribution is 2.22. The largest absolute Gasteiger partial charge is 0.345 e. The minimum atomic E-state index is -0.423. The number of hydrogen-bond donors (Lipinski definition) is 1. The molecular formula is C17H24N2O2. The number of amides is 2. The van der Waals surface area contributed by atoms with Gasteiger partial charge in [-0.2, -0.15) is 0 Å². The van der Waals surface area contributed by atoms with Crippen LogP contribution in [0.15, 0.2) is 30.3 Å². The molecule has 4 heteroatoms. The zero-order chi connectivity index (χ0) is 15.2. The van der Waals surface area contributed by atoms with Crippen LogP contribution in [0.4, 0.5) is 0 Å². The smallest absolute Gasteiger partial charge is 0.244 e. The Labute approximate surface area is 126 Å². The van der Waals surface area contributed by atoms with Crippen molar-refractivity contribution in [2.45, 2.75) is 39.2 Å². The van der Waals surface area contributed by atoms with Gasteiger partial charge >= 0.3 is 0 Å². The molecule has 4 nitrogen and oxygen atoms in total. The maximum absolute atomic E-state index is 12.2. The van der Waals surface area contributed by atoms with Crippen LogP contribution in [0, 0.1) is 5.92 Å². The van der Waals surface area contributed by atoms with Crippen molar-refractivity contribution in [3.05, 3.63) is 35.9 Å². The van der Waals surface area contributed by atoms with Gasteiger partial charge in [-0.25, -0.2) is 0 Å². The van der Waals surface area contributed by atoms with E-state index >= 15 is 0 Å². The summed E-state index contributed by atoms with van der Waals surface area (Å²) in [5.41, 5.74) is 1.37. The van der Waals surface area contributed by atoms with Crippen molar-refractivity contribution in [1.82, 2.24) is 10.2 Å². The number of carbonyl (C=O) groups excluding carboxylic acids is 2. The van der Waals surface area contributed by atoms with Gasteiger partial charge in [0.05, 0.1) is 0 Å². The highest BCUT2D eigenvalue weighted by atomic mass is 16.2. The fraction of sp³-hybridized carbons (Fsp3) is 0.529. The average molecular weight is 288 g/mol. The highest BCUT2D eigenvalue weighted by Gasteiger charge is 2.26. The molecule has 2 rings (SSSR count). The monoisotopic (exact) mass is 288 g/mol. The molecule has 1 fully saturated rings. The van der Waals surface area contributed by atoms with Crippen molar-refractivity contribution < 1.29 is 9.59 Å². The molecule has 1 heterocycles. The summed E-state index contributed by atoms with van der Waals surface area (Å²) >= 11 is 0. The van der Waals surface area contributed by atoms with Crippen LogP contribution >= 0.6 is 0 Å². The molecule has 1 aliphatic heterocycles. The first-order valence-electron chi connectivity index (χ1n) is 7.66. The third-order valence-electron chi connectivity index (χ3n) is 4.08. The summed E-state index contributed by atoms with van der Waals surface area (Å²) in [4.78, 5) is 25.1. The van der Waals surface area contributed by atoms with E-state index in [0.29, 0.717) is 5.92 Å². The van der Waals surface area contributed by atoms with Gasteiger partial charge in [-0.05, 0) is 37.7 Å². The van der Waals surface area contributed by atoms with Crippen molar-refractivity contribution >= 4 is 11.8 Å². The number of nitrogens with one attached hydrogen (secondary N) is 1. The second kappa shape index (κ2) is 7.25. The lowest BCUT2D eigenvalue weighted by Crippen LogP contribution is -2.49. The molecule has 0 aromatic heterocycles. The first-order valence-corrected chi connectivity index (χ1v) is 7.66. The van der Waals surface area contributed by atoms with Crippen LogP contribution in [0.3, 0.4) is 0 Å². The lowest BCUT2D eigenvalue weighted by Gasteiger charge is -2.33. The molecule has 0 saturated carbocycles. The summed E-state index contributed by atoms with van der Waals surface area (Å²) in [6.45, 7) is 4.77. The van der Waals surface area contributed by atoms with Crippen LogP contribution in [-0.2, 0) is 16.0 Å². The Bertz CT molecular complexity index is 479. The maximum atomic E-state index is 12.2. The van der Waals surface area contributed by atoms with Crippen LogP contribution in [0.2, 0.25) is 0 Å². The number of rotatable bonds is 4. The standard InChI is InChI=1S/C17H24N2O2/c1-13(18-14(2)20)17(21)19-10-8-16(9-11-19)12-15-6-4-3-5-7-15/h3-7,13,16H,8-12H2,1-2H3,(H,18,20). The van der Waals surface area contributed by atoms with Gasteiger partial charge in [0.25, 0.3) is 0 Å². The van der Waals surface area contributed by atoms with Gasteiger partial charge in [-0.1, -0.05) is 30.3 Å². The molecular weight excluding hydrogens is 264 g/mol. The van der Waals surface area contributed by atoms with Gasteiger partial charge in [-0.3, -0.25) is 9.59 Å². The Morgan fingerprint density at radius 2 is 1.86 bits per heavy atom. The van der Waals surface area contributed by atoms with Gasteiger partial charge in [0, 0.05) is 20.0 Å². The molecule has 1 N–H and O–H groups in total. The molecule has 1 unspecified atom stereocenters. The molecule has 1 aromatic carbocycles. The molecule has 2 amide bonds. The van der Waals surface area contributed by atoms with Gasteiger partial charge in [-0.15, -0.1) is 0 Å². The second-order valence-electron chi connectivity index (χ2n) is 5.88. The van der Waals surface area contributed by atoms with Gasteiger partial charge < -0.3 is 10.2 Å². The Morgan fingerprint density at radius 3 is 2.43 bits per heavy atom. The summed E-state index contributed by atoms with van der Waals surface area (Å²) < 4.78 is 0. The molecule has 0 spiro atoms. The van der Waals surface area contributed by atoms with E-state index in [9.17, 15) is 9.59 Å². The van der Waals surface area contributed by atoms with E-state index in [-0.39, 0.29) is 11.8 Å². The maximum Gasteiger partial charge on any atom is 0.244 e. The zero-order valence-corrected chi connectivity index (χ0v) is 12.8. The van der Waals surface area contributed by atoms with Crippen LogP contribution in [0.1, 0.15) is 32.3 Å². The molecule has 1 aromatic rings. The fourth-order valence-electron chi connectivity index (χ4n) is 2.95. The Morgan fingerprint density at radius 1 is 1.24 bits per heavy atom. The van der Waals surface area contributed by atoms with Crippen LogP contribution < -0.4 is 5.32 Å². The number of nitrogens with zero attached hydrogens (tertiary/aromatic N) is 1.